The topological polar surface area (TPSA) is 70.6 Å². The molecule has 5 nitrogen and oxygen atoms in total. The number of benzene rings is 2. The molecule has 1 heterocycles. The molecule has 2 aromatic carbocycles. The Morgan fingerprint density at radius 2 is 1.63 bits per heavy atom. The van der Waals surface area contributed by atoms with Gasteiger partial charge in [-0.3, -0.25) is 9.59 Å². The van der Waals surface area contributed by atoms with Crippen LogP contribution in [0.15, 0.2) is 53.6 Å². The molecule has 0 saturated carbocycles. The Bertz CT molecular complexity index is 1320. The zero-order valence-electron chi connectivity index (χ0n) is 17.3. The zero-order chi connectivity index (χ0) is 26.2. The number of thiophene rings is 1. The number of alkyl halides is 7. The number of carbonyl (C=O) groups is 2. The molecule has 3 rings (SSSR count). The average Bonchev–Trinajstić information content (AvgIpc) is 3.13. The first kappa shape index (κ1) is 26.4. The minimum Gasteiger partial charge on any atom is -0.321 e. The van der Waals surface area contributed by atoms with E-state index in [2.05, 4.69) is 10.5 Å². The Kier molecular flexibility index (Phi) is 7.14. The second-order valence-electron chi connectivity index (χ2n) is 7.06. The van der Waals surface area contributed by atoms with Crippen LogP contribution in [-0.4, -0.2) is 35.5 Å². The summed E-state index contributed by atoms with van der Waals surface area (Å²) in [5.74, 6) is -16.1. The summed E-state index contributed by atoms with van der Waals surface area (Å²) in [4.78, 5) is 24.2. The molecule has 0 atom stereocenters. The first-order chi connectivity index (χ1) is 16.2. The molecule has 14 heteroatoms. The van der Waals surface area contributed by atoms with Crippen molar-refractivity contribution < 1.29 is 40.3 Å². The van der Waals surface area contributed by atoms with Crippen LogP contribution in [0.4, 0.5) is 36.4 Å². The standard InChI is InChI=1S/C21H13ClF7N3O2S/c1-10(31-32-17(33)16-15(22)13-7-2-3-8-14(13)35-16)11-5-4-6-12(9-11)30-18(34)19(23,24)20(25,26)21(27,28)29/h2-9H,1H3,(H,30,34)(H,32,33)/b31-10-. The van der Waals surface area contributed by atoms with Gasteiger partial charge in [-0.15, -0.1) is 11.3 Å². The lowest BCUT2D eigenvalue weighted by Gasteiger charge is -2.27. The highest BCUT2D eigenvalue weighted by atomic mass is 35.5. The molecule has 0 spiro atoms. The number of nitrogens with one attached hydrogen (secondary N) is 2. The van der Waals surface area contributed by atoms with E-state index in [1.54, 1.807) is 24.3 Å². The summed E-state index contributed by atoms with van der Waals surface area (Å²) in [5, 5.41) is 6.09. The van der Waals surface area contributed by atoms with Gasteiger partial charge in [0, 0.05) is 15.8 Å². The van der Waals surface area contributed by atoms with Crippen molar-refractivity contribution in [2.45, 2.75) is 24.9 Å². The van der Waals surface area contributed by atoms with Crippen LogP contribution in [0.3, 0.4) is 0 Å². The van der Waals surface area contributed by atoms with Crippen LogP contribution >= 0.6 is 22.9 Å². The fourth-order valence-electron chi connectivity index (χ4n) is 2.76. The van der Waals surface area contributed by atoms with Gasteiger partial charge in [0.2, 0.25) is 0 Å². The normalized spacial score (nSPS) is 13.1. The summed E-state index contributed by atoms with van der Waals surface area (Å²) in [6.07, 6.45) is -6.64. The van der Waals surface area contributed by atoms with Crippen LogP contribution in [0.25, 0.3) is 10.1 Å². The summed E-state index contributed by atoms with van der Waals surface area (Å²) in [7, 11) is 0. The fraction of sp³-hybridized carbons (Fsp3) is 0.190. The smallest absolute Gasteiger partial charge is 0.321 e. The van der Waals surface area contributed by atoms with Gasteiger partial charge in [-0.1, -0.05) is 41.9 Å². The highest BCUT2D eigenvalue weighted by Crippen LogP contribution is 2.46. The zero-order valence-corrected chi connectivity index (χ0v) is 18.9. The van der Waals surface area contributed by atoms with E-state index < -0.39 is 35.5 Å². The number of amides is 2. The van der Waals surface area contributed by atoms with E-state index in [1.807, 2.05) is 0 Å². The van der Waals surface area contributed by atoms with Crippen molar-refractivity contribution in [3.8, 4) is 0 Å². The van der Waals surface area contributed by atoms with E-state index in [4.69, 9.17) is 11.6 Å². The maximum Gasteiger partial charge on any atom is 0.460 e. The third kappa shape index (κ3) is 5.10. The molecule has 0 saturated heterocycles. The van der Waals surface area contributed by atoms with Gasteiger partial charge in [-0.05, 0) is 30.7 Å². The Labute approximate surface area is 201 Å². The largest absolute Gasteiger partial charge is 0.460 e. The van der Waals surface area contributed by atoms with E-state index in [0.29, 0.717) is 5.39 Å². The van der Waals surface area contributed by atoms with Crippen LogP contribution < -0.4 is 10.7 Å². The summed E-state index contributed by atoms with van der Waals surface area (Å²) >= 11 is 7.35. The number of fused-ring (bicyclic) bond motifs is 1. The quantitative estimate of drug-likeness (QED) is 0.214. The molecule has 2 amide bonds. The highest BCUT2D eigenvalue weighted by molar-refractivity contribution is 7.21. The molecular formula is C21H13ClF7N3O2S. The molecule has 0 aliphatic heterocycles. The van der Waals surface area contributed by atoms with Gasteiger partial charge in [0.1, 0.15) is 4.88 Å². The molecule has 0 bridgehead atoms. The van der Waals surface area contributed by atoms with Crippen LogP contribution in [0.5, 0.6) is 0 Å². The number of nitrogens with zero attached hydrogens (tertiary/aromatic N) is 1. The molecular weight excluding hydrogens is 527 g/mol. The molecule has 0 fully saturated rings. The molecule has 1 aromatic heterocycles. The molecule has 186 valence electrons. The number of carbonyl (C=O) groups excluding carboxylic acids is 2. The van der Waals surface area contributed by atoms with E-state index in [1.165, 1.54) is 24.4 Å². The Morgan fingerprint density at radius 1 is 0.971 bits per heavy atom. The van der Waals surface area contributed by atoms with E-state index >= 15 is 0 Å². The van der Waals surface area contributed by atoms with Gasteiger partial charge in [0.15, 0.2) is 0 Å². The van der Waals surface area contributed by atoms with Crippen molar-refractivity contribution in [2.24, 2.45) is 5.10 Å². The number of halogens is 8. The third-order valence-corrected chi connectivity index (χ3v) is 6.31. The van der Waals surface area contributed by atoms with Crippen molar-refractivity contribution in [2.75, 3.05) is 5.32 Å². The van der Waals surface area contributed by atoms with Crippen LogP contribution in [-0.2, 0) is 4.79 Å². The van der Waals surface area contributed by atoms with Crippen molar-refractivity contribution in [3.05, 3.63) is 64.0 Å². The Balaban J connectivity index is 1.76. The number of rotatable bonds is 6. The van der Waals surface area contributed by atoms with Gasteiger partial charge in [-0.25, -0.2) is 5.43 Å². The highest BCUT2D eigenvalue weighted by Gasteiger charge is 2.76. The van der Waals surface area contributed by atoms with Gasteiger partial charge in [0.05, 0.1) is 10.7 Å². The van der Waals surface area contributed by atoms with E-state index in [9.17, 15) is 40.3 Å². The molecule has 3 aromatic rings. The van der Waals surface area contributed by atoms with Gasteiger partial charge >= 0.3 is 23.9 Å². The monoisotopic (exact) mass is 539 g/mol. The number of hydrogen-bond acceptors (Lipinski definition) is 4. The molecule has 35 heavy (non-hydrogen) atoms. The van der Waals surface area contributed by atoms with Crippen molar-refractivity contribution >= 4 is 56.2 Å². The van der Waals surface area contributed by atoms with Crippen LogP contribution in [0, 0.1) is 0 Å². The predicted octanol–water partition coefficient (Wildman–Crippen LogP) is 6.48. The van der Waals surface area contributed by atoms with Crippen molar-refractivity contribution in [1.82, 2.24) is 5.43 Å². The average molecular weight is 540 g/mol. The number of anilines is 1. The summed E-state index contributed by atoms with van der Waals surface area (Å²) in [5.41, 5.74) is 1.99. The van der Waals surface area contributed by atoms with Crippen molar-refractivity contribution in [1.29, 1.82) is 0 Å². The van der Waals surface area contributed by atoms with Gasteiger partial charge in [-0.2, -0.15) is 35.8 Å². The summed E-state index contributed by atoms with van der Waals surface area (Å²) < 4.78 is 90.9. The molecule has 0 unspecified atom stereocenters. The minimum absolute atomic E-state index is 0.0964. The third-order valence-electron chi connectivity index (χ3n) is 4.64. The summed E-state index contributed by atoms with van der Waals surface area (Å²) in [6, 6.07) is 11.6. The Hall–Kier alpha value is -3.19. The Morgan fingerprint density at radius 3 is 2.26 bits per heavy atom. The fourth-order valence-corrected chi connectivity index (χ4v) is 4.17. The van der Waals surface area contributed by atoms with E-state index in [0.717, 1.165) is 28.2 Å². The maximum atomic E-state index is 13.6. The first-order valence-corrected chi connectivity index (χ1v) is 10.6. The van der Waals surface area contributed by atoms with Crippen LogP contribution in [0.2, 0.25) is 5.02 Å². The predicted molar refractivity (Wildman–Crippen MR) is 118 cm³/mol. The lowest BCUT2D eigenvalue weighted by Crippen LogP contribution is -2.57. The van der Waals surface area contributed by atoms with Gasteiger partial charge < -0.3 is 5.32 Å². The second kappa shape index (κ2) is 9.46. The molecule has 2 N–H and O–H groups in total. The van der Waals surface area contributed by atoms with Crippen LogP contribution in [0.1, 0.15) is 22.2 Å². The molecule has 0 aliphatic rings. The number of hydrogen-bond donors (Lipinski definition) is 2. The summed E-state index contributed by atoms with van der Waals surface area (Å²) in [6.45, 7) is 1.39. The van der Waals surface area contributed by atoms with Crippen molar-refractivity contribution in [3.63, 3.8) is 0 Å². The molecule has 0 aliphatic carbocycles. The maximum absolute atomic E-state index is 13.6. The van der Waals surface area contributed by atoms with E-state index in [-0.39, 0.29) is 21.2 Å². The molecule has 0 radical (unpaired) electrons. The number of hydrazone groups is 1. The minimum atomic E-state index is -6.64. The SMILES string of the molecule is C/C(=N/NC(=O)c1sc2ccccc2c1Cl)c1cccc(NC(=O)C(F)(F)C(F)(F)C(F)(F)F)c1. The lowest BCUT2D eigenvalue weighted by molar-refractivity contribution is -0.343. The van der Waals surface area contributed by atoms with Gasteiger partial charge in [0.25, 0.3) is 5.91 Å². The lowest BCUT2D eigenvalue weighted by atomic mass is 10.1. The first-order valence-electron chi connectivity index (χ1n) is 9.42. The second-order valence-corrected chi connectivity index (χ2v) is 8.49.